The number of primary amides is 1. The number of nitrogens with two attached hydrogens (primary N) is 1. The van der Waals surface area contributed by atoms with Crippen molar-refractivity contribution in [3.63, 3.8) is 0 Å². The van der Waals surface area contributed by atoms with Gasteiger partial charge in [0.1, 0.15) is 5.75 Å². The quantitative estimate of drug-likeness (QED) is 0.782. The summed E-state index contributed by atoms with van der Waals surface area (Å²) in [7, 11) is 0. The molecule has 6 nitrogen and oxygen atoms in total. The van der Waals surface area contributed by atoms with Crippen molar-refractivity contribution in [2.75, 3.05) is 26.2 Å². The number of carbonyl (C=O) groups excluding carboxylic acids is 2. The van der Waals surface area contributed by atoms with E-state index in [0.29, 0.717) is 39.1 Å². The minimum absolute atomic E-state index is 0.0801. The Labute approximate surface area is 137 Å². The van der Waals surface area contributed by atoms with Gasteiger partial charge in [-0.3, -0.25) is 4.79 Å². The Bertz CT molecular complexity index is 540. The number of piperidine rings is 1. The number of nitrogens with zero attached hydrogens (tertiary/aromatic N) is 1. The molecule has 0 radical (unpaired) electrons. The van der Waals surface area contributed by atoms with Gasteiger partial charge in [0.25, 0.3) is 0 Å². The molecule has 0 bridgehead atoms. The van der Waals surface area contributed by atoms with E-state index in [-0.39, 0.29) is 17.9 Å². The second-order valence-corrected chi connectivity index (χ2v) is 5.91. The number of hydrogen-bond acceptors (Lipinski definition) is 3. The zero-order chi connectivity index (χ0) is 16.7. The van der Waals surface area contributed by atoms with E-state index >= 15 is 0 Å². The first-order valence-electron chi connectivity index (χ1n) is 8.08. The molecule has 2 rings (SSSR count). The molecule has 0 aromatic heterocycles. The van der Waals surface area contributed by atoms with Crippen molar-refractivity contribution in [2.45, 2.75) is 26.2 Å². The topological polar surface area (TPSA) is 84.7 Å². The van der Waals surface area contributed by atoms with Crippen molar-refractivity contribution < 1.29 is 14.3 Å². The predicted octanol–water partition coefficient (Wildman–Crippen LogP) is 1.67. The second-order valence-electron chi connectivity index (χ2n) is 5.91. The van der Waals surface area contributed by atoms with Gasteiger partial charge in [-0.15, -0.1) is 0 Å². The van der Waals surface area contributed by atoms with Crippen LogP contribution >= 0.6 is 0 Å². The smallest absolute Gasteiger partial charge is 0.317 e. The van der Waals surface area contributed by atoms with Gasteiger partial charge < -0.3 is 20.7 Å². The predicted molar refractivity (Wildman–Crippen MR) is 88.2 cm³/mol. The zero-order valence-electron chi connectivity index (χ0n) is 13.6. The number of rotatable bonds is 6. The molecule has 0 atom stereocenters. The number of carbonyl (C=O) groups is 2. The molecule has 3 amide bonds. The minimum atomic E-state index is -0.265. The molecule has 1 aromatic rings. The molecule has 1 aliphatic heterocycles. The highest BCUT2D eigenvalue weighted by atomic mass is 16.5. The number of ether oxygens (including phenoxy) is 1. The van der Waals surface area contributed by atoms with E-state index in [2.05, 4.69) is 5.32 Å². The number of benzene rings is 1. The van der Waals surface area contributed by atoms with Crippen LogP contribution in [0.1, 0.15) is 24.8 Å². The number of urea groups is 1. The molecular weight excluding hydrogens is 294 g/mol. The van der Waals surface area contributed by atoms with Crippen LogP contribution in [0.15, 0.2) is 24.3 Å². The van der Waals surface area contributed by atoms with Gasteiger partial charge in [-0.05, 0) is 43.9 Å². The number of nitrogens with one attached hydrogen (secondary N) is 1. The summed E-state index contributed by atoms with van der Waals surface area (Å²) in [4.78, 5) is 24.8. The van der Waals surface area contributed by atoms with Crippen molar-refractivity contribution >= 4 is 11.9 Å². The van der Waals surface area contributed by atoms with Crippen LogP contribution < -0.4 is 15.8 Å². The van der Waals surface area contributed by atoms with Crippen LogP contribution in [0.3, 0.4) is 0 Å². The molecule has 0 unspecified atom stereocenters. The van der Waals surface area contributed by atoms with E-state index in [1.807, 2.05) is 31.2 Å². The van der Waals surface area contributed by atoms with E-state index in [1.165, 1.54) is 0 Å². The van der Waals surface area contributed by atoms with Gasteiger partial charge >= 0.3 is 6.03 Å². The Morgan fingerprint density at radius 2 is 2.09 bits per heavy atom. The van der Waals surface area contributed by atoms with Gasteiger partial charge in [0.05, 0.1) is 6.61 Å². The molecular formula is C17H25N3O3. The van der Waals surface area contributed by atoms with Gasteiger partial charge in [-0.2, -0.15) is 0 Å². The summed E-state index contributed by atoms with van der Waals surface area (Å²) < 4.78 is 5.64. The van der Waals surface area contributed by atoms with Gasteiger partial charge in [0.15, 0.2) is 0 Å². The average molecular weight is 319 g/mol. The number of hydrogen-bond donors (Lipinski definition) is 2. The largest absolute Gasteiger partial charge is 0.494 e. The third-order valence-corrected chi connectivity index (χ3v) is 4.04. The van der Waals surface area contributed by atoms with Gasteiger partial charge in [-0.25, -0.2) is 4.79 Å². The van der Waals surface area contributed by atoms with E-state index in [1.54, 1.807) is 4.90 Å². The standard InChI is InChI=1S/C17H25N3O3/c1-13-4-2-5-15(12-13)23-11-3-8-19-17(22)20-9-6-14(7-10-20)16(18)21/h2,4-5,12,14H,3,6-11H2,1H3,(H2,18,21)(H,19,22). The van der Waals surface area contributed by atoms with Gasteiger partial charge in [0, 0.05) is 25.6 Å². The number of amides is 3. The summed E-state index contributed by atoms with van der Waals surface area (Å²) in [6.07, 6.45) is 2.05. The highest BCUT2D eigenvalue weighted by Gasteiger charge is 2.25. The number of aryl methyl sites for hydroxylation is 1. The molecule has 1 fully saturated rings. The van der Waals surface area contributed by atoms with Crippen LogP contribution in [0, 0.1) is 12.8 Å². The molecule has 6 heteroatoms. The van der Waals surface area contributed by atoms with Crippen LogP contribution in [0.2, 0.25) is 0 Å². The summed E-state index contributed by atoms with van der Waals surface area (Å²) in [6, 6.07) is 7.82. The highest BCUT2D eigenvalue weighted by Crippen LogP contribution is 2.16. The van der Waals surface area contributed by atoms with E-state index in [9.17, 15) is 9.59 Å². The maximum atomic E-state index is 12.0. The SMILES string of the molecule is Cc1cccc(OCCCNC(=O)N2CCC(C(N)=O)CC2)c1. The monoisotopic (exact) mass is 319 g/mol. The molecule has 1 aromatic carbocycles. The molecule has 0 saturated carbocycles. The van der Waals surface area contributed by atoms with Crippen molar-refractivity contribution in [2.24, 2.45) is 11.7 Å². The maximum absolute atomic E-state index is 12.0. The second kappa shape index (κ2) is 8.41. The van der Waals surface area contributed by atoms with Crippen LogP contribution in [0.25, 0.3) is 0 Å². The average Bonchev–Trinajstić information content (AvgIpc) is 2.54. The lowest BCUT2D eigenvalue weighted by Gasteiger charge is -2.30. The Kier molecular flexibility index (Phi) is 6.26. The first-order valence-corrected chi connectivity index (χ1v) is 8.08. The van der Waals surface area contributed by atoms with Crippen molar-refractivity contribution in [1.29, 1.82) is 0 Å². The highest BCUT2D eigenvalue weighted by molar-refractivity contribution is 5.78. The summed E-state index contributed by atoms with van der Waals surface area (Å²) >= 11 is 0. The maximum Gasteiger partial charge on any atom is 0.317 e. The fraction of sp³-hybridized carbons (Fsp3) is 0.529. The summed E-state index contributed by atoms with van der Waals surface area (Å²) in [6.45, 7) is 4.32. The molecule has 0 aliphatic carbocycles. The molecule has 0 spiro atoms. The minimum Gasteiger partial charge on any atom is -0.494 e. The molecule has 1 saturated heterocycles. The Morgan fingerprint density at radius 1 is 1.35 bits per heavy atom. The summed E-state index contributed by atoms with van der Waals surface area (Å²) in [5.41, 5.74) is 6.45. The molecule has 126 valence electrons. The Balaban J connectivity index is 1.59. The fourth-order valence-electron chi connectivity index (χ4n) is 2.64. The first-order chi connectivity index (χ1) is 11.1. The van der Waals surface area contributed by atoms with Crippen molar-refractivity contribution in [3.8, 4) is 5.75 Å². The number of likely N-dealkylation sites (tertiary alicyclic amines) is 1. The molecule has 23 heavy (non-hydrogen) atoms. The molecule has 1 aliphatic rings. The van der Waals surface area contributed by atoms with E-state index in [0.717, 1.165) is 17.7 Å². The van der Waals surface area contributed by atoms with Crippen molar-refractivity contribution in [3.05, 3.63) is 29.8 Å². The third-order valence-electron chi connectivity index (χ3n) is 4.04. The Hall–Kier alpha value is -2.24. The Morgan fingerprint density at radius 3 is 2.74 bits per heavy atom. The van der Waals surface area contributed by atoms with Gasteiger partial charge in [0.2, 0.25) is 5.91 Å². The summed E-state index contributed by atoms with van der Waals surface area (Å²) in [5, 5.41) is 2.88. The lowest BCUT2D eigenvalue weighted by molar-refractivity contribution is -0.123. The lowest BCUT2D eigenvalue weighted by atomic mass is 9.96. The third kappa shape index (κ3) is 5.47. The first kappa shape index (κ1) is 17.1. The fourth-order valence-corrected chi connectivity index (χ4v) is 2.64. The molecule has 1 heterocycles. The van der Waals surface area contributed by atoms with Crippen LogP contribution in [0.5, 0.6) is 5.75 Å². The summed E-state index contributed by atoms with van der Waals surface area (Å²) in [5.74, 6) is 0.491. The molecule has 3 N–H and O–H groups in total. The van der Waals surface area contributed by atoms with E-state index in [4.69, 9.17) is 10.5 Å². The zero-order valence-corrected chi connectivity index (χ0v) is 13.6. The van der Waals surface area contributed by atoms with Crippen LogP contribution in [-0.2, 0) is 4.79 Å². The van der Waals surface area contributed by atoms with E-state index < -0.39 is 0 Å². The van der Waals surface area contributed by atoms with Crippen LogP contribution in [0.4, 0.5) is 4.79 Å². The lowest BCUT2D eigenvalue weighted by Crippen LogP contribution is -2.46. The van der Waals surface area contributed by atoms with Crippen LogP contribution in [-0.4, -0.2) is 43.1 Å². The van der Waals surface area contributed by atoms with Gasteiger partial charge in [-0.1, -0.05) is 12.1 Å². The normalized spacial score (nSPS) is 15.3. The van der Waals surface area contributed by atoms with Crippen molar-refractivity contribution in [1.82, 2.24) is 10.2 Å².